The number of hydrogen-bond acceptors (Lipinski definition) is 8. The maximum absolute atomic E-state index is 9.97. The van der Waals surface area contributed by atoms with Gasteiger partial charge in [0, 0.05) is 43.8 Å². The first kappa shape index (κ1) is 28.6. The molecule has 1 atom stereocenters. The minimum Gasteiger partial charge on any atom is -0.497 e. The van der Waals surface area contributed by atoms with Crippen molar-refractivity contribution in [1.29, 1.82) is 5.26 Å². The number of aromatic nitrogens is 1. The van der Waals surface area contributed by atoms with Crippen molar-refractivity contribution in [3.63, 3.8) is 0 Å². The number of carbonyl (C=O) groups is 1. The summed E-state index contributed by atoms with van der Waals surface area (Å²) in [5.74, 6) is 1.53. The topological polar surface area (TPSA) is 118 Å². The zero-order chi connectivity index (χ0) is 28.2. The van der Waals surface area contributed by atoms with Crippen molar-refractivity contribution in [2.24, 2.45) is 0 Å². The molecular formula is C31H33N3O6. The van der Waals surface area contributed by atoms with Gasteiger partial charge in [0.25, 0.3) is 0 Å². The SMILES string of the molecule is COc1ccccc1.N#Cc1cc(-c2ccnc3ccoc23)ccc1OC1CCOCC1.O=CN1CC[C@H](O)C1. The van der Waals surface area contributed by atoms with Crippen molar-refractivity contribution in [2.75, 3.05) is 33.4 Å². The van der Waals surface area contributed by atoms with E-state index in [4.69, 9.17) is 23.7 Å². The minimum atomic E-state index is -0.278. The number of hydrogen-bond donors (Lipinski definition) is 1. The normalized spacial score (nSPS) is 16.6. The number of carbonyl (C=O) groups excluding carboxylic acids is 1. The molecule has 0 bridgehead atoms. The third-order valence-electron chi connectivity index (χ3n) is 6.54. The van der Waals surface area contributed by atoms with Crippen LogP contribution in [0.15, 0.2) is 77.5 Å². The molecule has 4 heterocycles. The van der Waals surface area contributed by atoms with Crippen molar-refractivity contribution < 1.29 is 28.5 Å². The minimum absolute atomic E-state index is 0.106. The number of furan rings is 1. The van der Waals surface area contributed by atoms with Gasteiger partial charge in [-0.05, 0) is 42.3 Å². The van der Waals surface area contributed by atoms with Gasteiger partial charge in [0.15, 0.2) is 5.58 Å². The standard InChI is InChI=1S/C19H16N2O3.C7H8O.C5H9NO2/c20-12-14-11-13(16-3-7-21-17-6-10-23-19(16)17)1-2-18(14)24-15-4-8-22-9-5-15;1-8-7-5-3-2-4-6-7;7-4-6-2-1-5(8)3-6/h1-3,6-7,10-11,15H,4-5,8-9H2;2-6H,1H3;4-5,8H,1-3H2/t;;5-/m..0/s1. The van der Waals surface area contributed by atoms with E-state index in [0.717, 1.165) is 53.6 Å². The highest BCUT2D eigenvalue weighted by molar-refractivity contribution is 5.90. The number of amides is 1. The van der Waals surface area contributed by atoms with E-state index >= 15 is 0 Å². The van der Waals surface area contributed by atoms with Gasteiger partial charge >= 0.3 is 0 Å². The zero-order valence-corrected chi connectivity index (χ0v) is 22.4. The quantitative estimate of drug-likeness (QED) is 0.356. The molecule has 9 heteroatoms. The van der Waals surface area contributed by atoms with Gasteiger partial charge in [-0.25, -0.2) is 0 Å². The van der Waals surface area contributed by atoms with Gasteiger partial charge in [-0.2, -0.15) is 5.26 Å². The molecule has 208 valence electrons. The van der Waals surface area contributed by atoms with E-state index in [0.29, 0.717) is 37.6 Å². The molecular weight excluding hydrogens is 510 g/mol. The summed E-state index contributed by atoms with van der Waals surface area (Å²) in [5, 5.41) is 18.3. The summed E-state index contributed by atoms with van der Waals surface area (Å²) in [5.41, 5.74) is 3.87. The Bertz CT molecular complexity index is 1400. The third-order valence-corrected chi connectivity index (χ3v) is 6.54. The molecule has 4 aromatic rings. The second-order valence-corrected chi connectivity index (χ2v) is 9.31. The Morgan fingerprint density at radius 3 is 2.52 bits per heavy atom. The number of fused-ring (bicyclic) bond motifs is 1. The number of pyridine rings is 1. The number of β-amino-alcohol motifs (C(OH)–C–C–N with tert-alkyl or cyclic N) is 1. The number of methoxy groups -OCH3 is 1. The lowest BCUT2D eigenvalue weighted by atomic mass is 10.0. The number of nitriles is 1. The number of benzene rings is 2. The van der Waals surface area contributed by atoms with Gasteiger partial charge in [0.2, 0.25) is 6.41 Å². The molecule has 6 rings (SSSR count). The van der Waals surface area contributed by atoms with Gasteiger partial charge in [-0.3, -0.25) is 9.78 Å². The van der Waals surface area contributed by atoms with Crippen LogP contribution in [0.3, 0.4) is 0 Å². The van der Waals surface area contributed by atoms with Gasteiger partial charge in [-0.1, -0.05) is 24.3 Å². The molecule has 40 heavy (non-hydrogen) atoms. The first-order chi connectivity index (χ1) is 19.6. The van der Waals surface area contributed by atoms with Gasteiger partial charge in [0.1, 0.15) is 29.2 Å². The molecule has 0 unspecified atom stereocenters. The first-order valence-corrected chi connectivity index (χ1v) is 13.2. The predicted molar refractivity (Wildman–Crippen MR) is 150 cm³/mol. The molecule has 9 nitrogen and oxygen atoms in total. The molecule has 0 spiro atoms. The molecule has 0 radical (unpaired) electrons. The van der Waals surface area contributed by atoms with Crippen LogP contribution in [0.25, 0.3) is 22.2 Å². The van der Waals surface area contributed by atoms with Crippen LogP contribution < -0.4 is 9.47 Å². The summed E-state index contributed by atoms with van der Waals surface area (Å²) in [4.78, 5) is 15.8. The number of ether oxygens (including phenoxy) is 3. The second-order valence-electron chi connectivity index (χ2n) is 9.31. The van der Waals surface area contributed by atoms with Crippen LogP contribution in [-0.2, 0) is 9.53 Å². The Labute approximate surface area is 233 Å². The summed E-state index contributed by atoms with van der Waals surface area (Å²) in [7, 11) is 1.66. The predicted octanol–water partition coefficient (Wildman–Crippen LogP) is 4.83. The molecule has 0 aliphatic carbocycles. The number of likely N-dealkylation sites (tertiary alicyclic amines) is 1. The van der Waals surface area contributed by atoms with E-state index in [1.54, 1.807) is 24.5 Å². The number of aliphatic hydroxyl groups is 1. The maximum Gasteiger partial charge on any atom is 0.209 e. The van der Waals surface area contributed by atoms with Crippen molar-refractivity contribution in [3.8, 4) is 28.7 Å². The number of para-hydroxylation sites is 1. The van der Waals surface area contributed by atoms with E-state index in [1.165, 1.54) is 0 Å². The summed E-state index contributed by atoms with van der Waals surface area (Å²) >= 11 is 0. The average molecular weight is 544 g/mol. The fraction of sp³-hybridized carbons (Fsp3) is 0.323. The second kappa shape index (κ2) is 14.7. The zero-order valence-electron chi connectivity index (χ0n) is 22.4. The van der Waals surface area contributed by atoms with E-state index in [9.17, 15) is 10.1 Å². The van der Waals surface area contributed by atoms with Crippen molar-refractivity contribution >= 4 is 17.5 Å². The number of rotatable bonds is 5. The van der Waals surface area contributed by atoms with Crippen LogP contribution in [-0.4, -0.2) is 67.0 Å². The maximum atomic E-state index is 9.97. The monoisotopic (exact) mass is 543 g/mol. The molecule has 1 amide bonds. The third kappa shape index (κ3) is 7.82. The number of nitrogens with zero attached hydrogens (tertiary/aromatic N) is 3. The largest absolute Gasteiger partial charge is 0.497 e. The van der Waals surface area contributed by atoms with Crippen LogP contribution in [0.1, 0.15) is 24.8 Å². The van der Waals surface area contributed by atoms with Crippen molar-refractivity contribution in [3.05, 3.63) is 78.7 Å². The van der Waals surface area contributed by atoms with Crippen molar-refractivity contribution in [1.82, 2.24) is 9.88 Å². The fourth-order valence-corrected chi connectivity index (χ4v) is 4.38. The average Bonchev–Trinajstić information content (AvgIpc) is 3.68. The van der Waals surface area contributed by atoms with E-state index < -0.39 is 0 Å². The first-order valence-electron chi connectivity index (χ1n) is 13.2. The van der Waals surface area contributed by atoms with E-state index in [2.05, 4.69) is 11.1 Å². The van der Waals surface area contributed by atoms with Crippen LogP contribution >= 0.6 is 0 Å². The smallest absolute Gasteiger partial charge is 0.209 e. The summed E-state index contributed by atoms with van der Waals surface area (Å²) in [6.45, 7) is 2.64. The van der Waals surface area contributed by atoms with E-state index in [-0.39, 0.29) is 12.2 Å². The molecule has 2 aliphatic rings. The van der Waals surface area contributed by atoms with Crippen LogP contribution in [0, 0.1) is 11.3 Å². The van der Waals surface area contributed by atoms with Crippen LogP contribution in [0.4, 0.5) is 0 Å². The highest BCUT2D eigenvalue weighted by Crippen LogP contribution is 2.32. The van der Waals surface area contributed by atoms with Gasteiger partial charge < -0.3 is 28.6 Å². The Hall–Kier alpha value is -4.39. The molecule has 0 saturated carbocycles. The van der Waals surface area contributed by atoms with Crippen LogP contribution in [0.2, 0.25) is 0 Å². The Morgan fingerprint density at radius 1 is 1.10 bits per heavy atom. The number of aliphatic hydroxyl groups excluding tert-OH is 1. The molecule has 2 aliphatic heterocycles. The highest BCUT2D eigenvalue weighted by Gasteiger charge is 2.18. The molecule has 1 N–H and O–H groups in total. The van der Waals surface area contributed by atoms with Gasteiger partial charge in [0.05, 0.1) is 38.3 Å². The van der Waals surface area contributed by atoms with Crippen LogP contribution in [0.5, 0.6) is 11.5 Å². The van der Waals surface area contributed by atoms with E-state index in [1.807, 2.05) is 60.7 Å². The summed E-state index contributed by atoms with van der Waals surface area (Å²) in [6.07, 6.45) is 6.40. The Morgan fingerprint density at radius 2 is 1.90 bits per heavy atom. The Kier molecular flexibility index (Phi) is 10.5. The van der Waals surface area contributed by atoms with Gasteiger partial charge in [-0.15, -0.1) is 0 Å². The Balaban J connectivity index is 0.000000188. The molecule has 2 saturated heterocycles. The summed E-state index contributed by atoms with van der Waals surface area (Å²) < 4.78 is 21.8. The summed E-state index contributed by atoms with van der Waals surface area (Å²) in [6, 6.07) is 21.3. The molecule has 2 fully saturated rings. The lowest BCUT2D eigenvalue weighted by molar-refractivity contribution is -0.117. The molecule has 2 aromatic carbocycles. The highest BCUT2D eigenvalue weighted by atomic mass is 16.5. The molecule has 2 aromatic heterocycles. The lowest BCUT2D eigenvalue weighted by Crippen LogP contribution is -2.26. The van der Waals surface area contributed by atoms with Crippen molar-refractivity contribution in [2.45, 2.75) is 31.5 Å². The fourth-order valence-electron chi connectivity index (χ4n) is 4.38. The lowest BCUT2D eigenvalue weighted by Gasteiger charge is -2.23.